The van der Waals surface area contributed by atoms with Crippen LogP contribution in [-0.4, -0.2) is 49.6 Å². The summed E-state index contributed by atoms with van der Waals surface area (Å²) < 4.78 is 0. The van der Waals surface area contributed by atoms with E-state index in [-0.39, 0.29) is 11.3 Å². The van der Waals surface area contributed by atoms with Crippen LogP contribution in [0.15, 0.2) is 0 Å². The van der Waals surface area contributed by atoms with Crippen molar-refractivity contribution in [2.24, 2.45) is 11.3 Å². The standard InChI is InChI=1S/C14H27N3O/c1-14(2,3)13(18)16-6-4-8-17-9-11-5-7-15-12(11)10-17/h11-12,15H,4-10H2,1-3H3,(H,16,18). The average Bonchev–Trinajstić information content (AvgIpc) is 2.82. The molecule has 2 unspecified atom stereocenters. The number of carbonyl (C=O) groups excluding carboxylic acids is 1. The second-order valence-electron chi connectivity index (χ2n) is 6.73. The molecule has 2 fully saturated rings. The van der Waals surface area contributed by atoms with Crippen molar-refractivity contribution < 1.29 is 4.79 Å². The lowest BCUT2D eigenvalue weighted by Crippen LogP contribution is -2.37. The first kappa shape index (κ1) is 13.8. The number of hydrogen-bond acceptors (Lipinski definition) is 3. The van der Waals surface area contributed by atoms with Gasteiger partial charge in [-0.2, -0.15) is 0 Å². The van der Waals surface area contributed by atoms with Crippen molar-refractivity contribution in [2.75, 3.05) is 32.7 Å². The van der Waals surface area contributed by atoms with Crippen molar-refractivity contribution in [2.45, 2.75) is 39.7 Å². The van der Waals surface area contributed by atoms with E-state index in [4.69, 9.17) is 0 Å². The maximum atomic E-state index is 11.7. The normalized spacial score (nSPS) is 28.4. The molecular weight excluding hydrogens is 226 g/mol. The van der Waals surface area contributed by atoms with Crippen LogP contribution in [0.2, 0.25) is 0 Å². The molecule has 0 aliphatic carbocycles. The molecule has 18 heavy (non-hydrogen) atoms. The second kappa shape index (κ2) is 5.57. The van der Waals surface area contributed by atoms with Crippen molar-refractivity contribution in [3.05, 3.63) is 0 Å². The molecular formula is C14H27N3O. The summed E-state index contributed by atoms with van der Waals surface area (Å²) in [5.41, 5.74) is -0.269. The maximum Gasteiger partial charge on any atom is 0.225 e. The van der Waals surface area contributed by atoms with Crippen LogP contribution in [0.3, 0.4) is 0 Å². The van der Waals surface area contributed by atoms with E-state index in [2.05, 4.69) is 15.5 Å². The van der Waals surface area contributed by atoms with Crippen LogP contribution in [0.25, 0.3) is 0 Å². The highest BCUT2D eigenvalue weighted by molar-refractivity contribution is 5.81. The molecule has 0 aromatic rings. The molecule has 0 saturated carbocycles. The fraction of sp³-hybridized carbons (Fsp3) is 0.929. The molecule has 2 atom stereocenters. The van der Waals surface area contributed by atoms with E-state index in [1.54, 1.807) is 0 Å². The predicted octanol–water partition coefficient (Wildman–Crippen LogP) is 0.833. The van der Waals surface area contributed by atoms with Gasteiger partial charge in [-0.05, 0) is 31.8 Å². The zero-order valence-corrected chi connectivity index (χ0v) is 12.0. The van der Waals surface area contributed by atoms with E-state index >= 15 is 0 Å². The number of hydrogen-bond donors (Lipinski definition) is 2. The van der Waals surface area contributed by atoms with Crippen LogP contribution in [-0.2, 0) is 4.79 Å². The molecule has 2 saturated heterocycles. The minimum atomic E-state index is -0.269. The van der Waals surface area contributed by atoms with Gasteiger partial charge in [0.05, 0.1) is 0 Å². The Bertz CT molecular complexity index is 286. The zero-order chi connectivity index (χ0) is 13.2. The summed E-state index contributed by atoms with van der Waals surface area (Å²) in [6.07, 6.45) is 2.39. The first-order chi connectivity index (χ1) is 8.47. The first-order valence-corrected chi connectivity index (χ1v) is 7.21. The molecule has 4 nitrogen and oxygen atoms in total. The highest BCUT2D eigenvalue weighted by atomic mass is 16.2. The van der Waals surface area contributed by atoms with Gasteiger partial charge in [-0.3, -0.25) is 4.79 Å². The van der Waals surface area contributed by atoms with Gasteiger partial charge in [0.15, 0.2) is 0 Å². The van der Waals surface area contributed by atoms with Crippen molar-refractivity contribution in [3.8, 4) is 0 Å². The first-order valence-electron chi connectivity index (χ1n) is 7.21. The third-order valence-corrected chi connectivity index (χ3v) is 4.06. The van der Waals surface area contributed by atoms with Gasteiger partial charge in [-0.25, -0.2) is 0 Å². The van der Waals surface area contributed by atoms with Crippen LogP contribution >= 0.6 is 0 Å². The van der Waals surface area contributed by atoms with E-state index in [1.807, 2.05) is 20.8 Å². The molecule has 2 aliphatic heterocycles. The third-order valence-electron chi connectivity index (χ3n) is 4.06. The second-order valence-corrected chi connectivity index (χ2v) is 6.73. The summed E-state index contributed by atoms with van der Waals surface area (Å²) in [4.78, 5) is 14.2. The monoisotopic (exact) mass is 253 g/mol. The van der Waals surface area contributed by atoms with E-state index in [1.165, 1.54) is 26.1 Å². The van der Waals surface area contributed by atoms with Gasteiger partial charge < -0.3 is 15.5 Å². The number of nitrogens with zero attached hydrogens (tertiary/aromatic N) is 1. The minimum Gasteiger partial charge on any atom is -0.356 e. The Labute approximate surface area is 110 Å². The topological polar surface area (TPSA) is 44.4 Å². The Balaban J connectivity index is 1.58. The number of rotatable bonds is 4. The van der Waals surface area contributed by atoms with Crippen molar-refractivity contribution in [1.29, 1.82) is 0 Å². The summed E-state index contributed by atoms with van der Waals surface area (Å²) in [5.74, 6) is 1.02. The number of fused-ring (bicyclic) bond motifs is 1. The number of nitrogens with one attached hydrogen (secondary N) is 2. The minimum absolute atomic E-state index is 0.155. The molecule has 0 spiro atoms. The summed E-state index contributed by atoms with van der Waals surface area (Å²) in [5, 5.41) is 6.58. The number of carbonyl (C=O) groups is 1. The largest absolute Gasteiger partial charge is 0.356 e. The Morgan fingerprint density at radius 1 is 1.39 bits per heavy atom. The van der Waals surface area contributed by atoms with Crippen LogP contribution in [0.4, 0.5) is 0 Å². The lowest BCUT2D eigenvalue weighted by Gasteiger charge is -2.19. The molecule has 0 aromatic heterocycles. The van der Waals surface area contributed by atoms with Crippen molar-refractivity contribution in [1.82, 2.24) is 15.5 Å². The van der Waals surface area contributed by atoms with Crippen LogP contribution in [0, 0.1) is 11.3 Å². The summed E-state index contributed by atoms with van der Waals surface area (Å²) >= 11 is 0. The van der Waals surface area contributed by atoms with Crippen molar-refractivity contribution in [3.63, 3.8) is 0 Å². The molecule has 104 valence electrons. The van der Waals surface area contributed by atoms with E-state index in [0.29, 0.717) is 0 Å². The van der Waals surface area contributed by atoms with Gasteiger partial charge >= 0.3 is 0 Å². The Morgan fingerprint density at radius 2 is 2.17 bits per heavy atom. The van der Waals surface area contributed by atoms with E-state index < -0.39 is 0 Å². The number of amides is 1. The summed E-state index contributed by atoms with van der Waals surface area (Å²) in [6, 6.07) is 0.731. The third kappa shape index (κ3) is 3.45. The Morgan fingerprint density at radius 3 is 2.83 bits per heavy atom. The fourth-order valence-corrected chi connectivity index (χ4v) is 2.89. The molecule has 0 aromatic carbocycles. The highest BCUT2D eigenvalue weighted by Gasteiger charge is 2.35. The number of likely N-dealkylation sites (tertiary alicyclic amines) is 1. The quantitative estimate of drug-likeness (QED) is 0.730. The Kier molecular flexibility index (Phi) is 4.28. The van der Waals surface area contributed by atoms with Crippen molar-refractivity contribution >= 4 is 5.91 Å². The van der Waals surface area contributed by atoms with Crippen LogP contribution in [0.1, 0.15) is 33.6 Å². The molecule has 0 radical (unpaired) electrons. The van der Waals surface area contributed by atoms with Gasteiger partial charge in [0.2, 0.25) is 5.91 Å². The molecule has 2 heterocycles. The summed E-state index contributed by atoms with van der Waals surface area (Å²) in [7, 11) is 0. The maximum absolute atomic E-state index is 11.7. The smallest absolute Gasteiger partial charge is 0.225 e. The van der Waals surface area contributed by atoms with E-state index in [9.17, 15) is 4.79 Å². The van der Waals surface area contributed by atoms with Crippen LogP contribution < -0.4 is 10.6 Å². The van der Waals surface area contributed by atoms with Gasteiger partial charge in [-0.1, -0.05) is 20.8 Å². The van der Waals surface area contributed by atoms with Crippen LogP contribution in [0.5, 0.6) is 0 Å². The SMILES string of the molecule is CC(C)(C)C(=O)NCCCN1CC2CCNC2C1. The molecule has 4 heteroatoms. The predicted molar refractivity (Wildman–Crippen MR) is 73.4 cm³/mol. The molecule has 1 amide bonds. The molecule has 2 N–H and O–H groups in total. The Hall–Kier alpha value is -0.610. The average molecular weight is 253 g/mol. The summed E-state index contributed by atoms with van der Waals surface area (Å²) in [6.45, 7) is 11.4. The fourth-order valence-electron chi connectivity index (χ4n) is 2.89. The lowest BCUT2D eigenvalue weighted by atomic mass is 9.96. The molecule has 2 rings (SSSR count). The van der Waals surface area contributed by atoms with E-state index in [0.717, 1.165) is 31.5 Å². The molecule has 2 aliphatic rings. The highest BCUT2D eigenvalue weighted by Crippen LogP contribution is 2.24. The van der Waals surface area contributed by atoms with Gasteiger partial charge in [0.1, 0.15) is 0 Å². The zero-order valence-electron chi connectivity index (χ0n) is 12.0. The molecule has 0 bridgehead atoms. The lowest BCUT2D eigenvalue weighted by molar-refractivity contribution is -0.128. The van der Waals surface area contributed by atoms with Gasteiger partial charge in [0.25, 0.3) is 0 Å². The van der Waals surface area contributed by atoms with Gasteiger partial charge in [-0.15, -0.1) is 0 Å². The van der Waals surface area contributed by atoms with Gasteiger partial charge in [0, 0.05) is 31.1 Å².